The number of aromatic nitrogens is 3. The number of amides is 2. The number of thiazole rings is 1. The van der Waals surface area contributed by atoms with E-state index in [0.717, 1.165) is 12.8 Å². The second-order valence-corrected chi connectivity index (χ2v) is 8.46. The molecule has 0 radical (unpaired) electrons. The maximum absolute atomic E-state index is 12.9. The number of methoxy groups -OCH3 is 1. The van der Waals surface area contributed by atoms with Crippen molar-refractivity contribution in [2.75, 3.05) is 37.5 Å². The lowest BCUT2D eigenvalue weighted by atomic mass is 9.96. The first kappa shape index (κ1) is 21.8. The fourth-order valence-electron chi connectivity index (χ4n) is 3.68. The molecule has 2 amide bonds. The highest BCUT2D eigenvalue weighted by Gasteiger charge is 2.26. The van der Waals surface area contributed by atoms with Gasteiger partial charge in [0.05, 0.1) is 7.11 Å². The van der Waals surface area contributed by atoms with Gasteiger partial charge in [0.2, 0.25) is 11.8 Å². The summed E-state index contributed by atoms with van der Waals surface area (Å²) < 4.78 is 6.83. The molecule has 3 aromatic rings. The maximum Gasteiger partial charge on any atom is 0.273 e. The smallest absolute Gasteiger partial charge is 0.273 e. The Kier molecular flexibility index (Phi) is 6.35. The van der Waals surface area contributed by atoms with Crippen molar-refractivity contribution in [3.8, 4) is 5.75 Å². The quantitative estimate of drug-likeness (QED) is 0.576. The van der Waals surface area contributed by atoms with Gasteiger partial charge in [-0.15, -0.1) is 0 Å². The predicted molar refractivity (Wildman–Crippen MR) is 122 cm³/mol. The van der Waals surface area contributed by atoms with Gasteiger partial charge in [-0.05, 0) is 25.0 Å². The molecule has 4 rings (SSSR count). The lowest BCUT2D eigenvalue weighted by molar-refractivity contribution is -0.125. The lowest BCUT2D eigenvalue weighted by Gasteiger charge is -2.30. The summed E-state index contributed by atoms with van der Waals surface area (Å²) in [5.74, 6) is 0.344. The Balaban J connectivity index is 1.46. The molecule has 0 atom stereocenters. The Hall–Kier alpha value is -3.47. The van der Waals surface area contributed by atoms with Crippen molar-refractivity contribution in [1.82, 2.24) is 19.9 Å². The second kappa shape index (κ2) is 9.35. The van der Waals surface area contributed by atoms with Crippen molar-refractivity contribution < 1.29 is 14.3 Å². The minimum atomic E-state index is -0.345. The average molecular weight is 457 g/mol. The van der Waals surface area contributed by atoms with Gasteiger partial charge in [-0.1, -0.05) is 17.4 Å². The van der Waals surface area contributed by atoms with Crippen molar-refractivity contribution in [2.24, 2.45) is 5.92 Å². The normalized spacial score (nSPS) is 14.4. The fraction of sp³-hybridized carbons (Fsp3) is 0.381. The molecule has 0 spiro atoms. The van der Waals surface area contributed by atoms with Crippen LogP contribution in [0.15, 0.2) is 35.4 Å². The first-order valence-electron chi connectivity index (χ1n) is 10.2. The number of carbonyl (C=O) groups excluding carboxylic acids is 2. The van der Waals surface area contributed by atoms with Gasteiger partial charge >= 0.3 is 0 Å². The molecule has 168 valence electrons. The molecule has 1 aliphatic heterocycles. The summed E-state index contributed by atoms with van der Waals surface area (Å²) in [7, 11) is 3.20. The predicted octanol–water partition coefficient (Wildman–Crippen LogP) is 1.46. The van der Waals surface area contributed by atoms with Gasteiger partial charge in [-0.3, -0.25) is 19.0 Å². The van der Waals surface area contributed by atoms with Crippen LogP contribution in [-0.2, 0) is 16.1 Å². The first-order valence-corrected chi connectivity index (χ1v) is 11.1. The van der Waals surface area contributed by atoms with Gasteiger partial charge in [0, 0.05) is 37.8 Å². The number of carbonyl (C=O) groups is 2. The molecule has 1 aromatic carbocycles. The van der Waals surface area contributed by atoms with E-state index in [1.165, 1.54) is 22.2 Å². The monoisotopic (exact) mass is 456 g/mol. The Labute approximate surface area is 188 Å². The molecule has 0 saturated carbocycles. The summed E-state index contributed by atoms with van der Waals surface area (Å²) in [4.78, 5) is 48.0. The van der Waals surface area contributed by atoms with Crippen LogP contribution in [0.1, 0.15) is 12.8 Å². The summed E-state index contributed by atoms with van der Waals surface area (Å²) in [5.41, 5.74) is 0.643. The summed E-state index contributed by atoms with van der Waals surface area (Å²) >= 11 is 1.27. The van der Waals surface area contributed by atoms with Crippen LogP contribution in [0.5, 0.6) is 5.75 Å². The van der Waals surface area contributed by atoms with Crippen LogP contribution >= 0.6 is 11.3 Å². The molecule has 1 aliphatic rings. The summed E-state index contributed by atoms with van der Waals surface area (Å²) in [6, 6.07) is 6.99. The van der Waals surface area contributed by atoms with E-state index < -0.39 is 0 Å². The van der Waals surface area contributed by atoms with E-state index in [0.29, 0.717) is 40.0 Å². The number of anilines is 2. The molecular weight excluding hydrogens is 432 g/mol. The third-order valence-electron chi connectivity index (χ3n) is 5.42. The standard InChI is InChI=1S/C21H24N6O4S/c1-22-19(29)13-6-8-26(9-7-13)21-25-18-17(32-21)20(30)27(12-23-18)11-16(28)24-14-4-3-5-15(10-14)31-2/h3-5,10,12-13H,6-9,11H2,1-2H3,(H,22,29)(H,24,28). The molecule has 0 aliphatic carbocycles. The number of hydrogen-bond donors (Lipinski definition) is 2. The van der Waals surface area contributed by atoms with Gasteiger partial charge in [0.15, 0.2) is 10.8 Å². The molecule has 1 saturated heterocycles. The highest BCUT2D eigenvalue weighted by atomic mass is 32.1. The number of benzene rings is 1. The number of ether oxygens (including phenoxy) is 1. The van der Waals surface area contributed by atoms with E-state index in [4.69, 9.17) is 4.74 Å². The Morgan fingerprint density at radius 3 is 2.78 bits per heavy atom. The van der Waals surface area contributed by atoms with Gasteiger partial charge in [0.1, 0.15) is 23.3 Å². The minimum Gasteiger partial charge on any atom is -0.497 e. The molecule has 32 heavy (non-hydrogen) atoms. The third-order valence-corrected chi connectivity index (χ3v) is 6.52. The minimum absolute atomic E-state index is 0.00377. The van der Waals surface area contributed by atoms with Gasteiger partial charge < -0.3 is 20.3 Å². The zero-order valence-corrected chi connectivity index (χ0v) is 18.6. The molecule has 10 nitrogen and oxygen atoms in total. The van der Waals surface area contributed by atoms with E-state index in [1.54, 1.807) is 38.4 Å². The van der Waals surface area contributed by atoms with Crippen LogP contribution in [0.2, 0.25) is 0 Å². The van der Waals surface area contributed by atoms with Crippen molar-refractivity contribution in [1.29, 1.82) is 0 Å². The van der Waals surface area contributed by atoms with E-state index in [9.17, 15) is 14.4 Å². The van der Waals surface area contributed by atoms with Gasteiger partial charge in [0.25, 0.3) is 5.56 Å². The first-order chi connectivity index (χ1) is 15.5. The van der Waals surface area contributed by atoms with Gasteiger partial charge in [-0.2, -0.15) is 4.98 Å². The Morgan fingerprint density at radius 2 is 2.06 bits per heavy atom. The van der Waals surface area contributed by atoms with Crippen molar-refractivity contribution in [2.45, 2.75) is 19.4 Å². The van der Waals surface area contributed by atoms with E-state index in [-0.39, 0.29) is 29.8 Å². The summed E-state index contributed by atoms with van der Waals surface area (Å²) in [6.45, 7) is 1.22. The van der Waals surface area contributed by atoms with E-state index >= 15 is 0 Å². The molecule has 3 heterocycles. The number of piperidine rings is 1. The molecule has 0 unspecified atom stereocenters. The van der Waals surface area contributed by atoms with Crippen LogP contribution in [0.3, 0.4) is 0 Å². The zero-order valence-electron chi connectivity index (χ0n) is 17.8. The van der Waals surface area contributed by atoms with Crippen LogP contribution < -0.4 is 25.8 Å². The average Bonchev–Trinajstić information content (AvgIpc) is 3.26. The van der Waals surface area contributed by atoms with Crippen molar-refractivity contribution in [3.63, 3.8) is 0 Å². The zero-order chi connectivity index (χ0) is 22.7. The summed E-state index contributed by atoms with van der Waals surface area (Å²) in [5, 5.41) is 6.16. The number of hydrogen-bond acceptors (Lipinski definition) is 8. The number of nitrogens with zero attached hydrogens (tertiary/aromatic N) is 4. The topological polar surface area (TPSA) is 118 Å². The summed E-state index contributed by atoms with van der Waals surface area (Å²) in [6.07, 6.45) is 2.81. The lowest BCUT2D eigenvalue weighted by Crippen LogP contribution is -2.39. The number of nitrogens with one attached hydrogen (secondary N) is 2. The number of rotatable bonds is 6. The Bertz CT molecular complexity index is 1200. The highest BCUT2D eigenvalue weighted by molar-refractivity contribution is 7.22. The molecule has 11 heteroatoms. The van der Waals surface area contributed by atoms with E-state index in [2.05, 4.69) is 25.5 Å². The molecule has 2 N–H and O–H groups in total. The fourth-order valence-corrected chi connectivity index (χ4v) is 4.70. The molecular formula is C21H24N6O4S. The van der Waals surface area contributed by atoms with Crippen LogP contribution in [0.4, 0.5) is 10.8 Å². The molecule has 0 bridgehead atoms. The Morgan fingerprint density at radius 1 is 1.28 bits per heavy atom. The number of fused-ring (bicyclic) bond motifs is 1. The largest absolute Gasteiger partial charge is 0.497 e. The molecule has 1 fully saturated rings. The van der Waals surface area contributed by atoms with Gasteiger partial charge in [-0.25, -0.2) is 4.98 Å². The van der Waals surface area contributed by atoms with Crippen molar-refractivity contribution in [3.05, 3.63) is 40.9 Å². The van der Waals surface area contributed by atoms with E-state index in [1.807, 2.05) is 0 Å². The second-order valence-electron chi connectivity index (χ2n) is 7.48. The SMILES string of the molecule is CNC(=O)C1CCN(c2nc3ncn(CC(=O)Nc4cccc(OC)c4)c(=O)c3s2)CC1. The van der Waals surface area contributed by atoms with Crippen LogP contribution in [-0.4, -0.2) is 53.6 Å². The van der Waals surface area contributed by atoms with Crippen LogP contribution in [0, 0.1) is 5.92 Å². The van der Waals surface area contributed by atoms with Crippen LogP contribution in [0.25, 0.3) is 10.3 Å². The highest BCUT2D eigenvalue weighted by Crippen LogP contribution is 2.29. The van der Waals surface area contributed by atoms with Crippen molar-refractivity contribution >= 4 is 44.3 Å². The molecule has 2 aromatic heterocycles. The maximum atomic E-state index is 12.9. The third kappa shape index (κ3) is 4.57.